The van der Waals surface area contributed by atoms with E-state index in [4.69, 9.17) is 0 Å². The summed E-state index contributed by atoms with van der Waals surface area (Å²) < 4.78 is 0. The van der Waals surface area contributed by atoms with Crippen molar-refractivity contribution in [3.63, 3.8) is 0 Å². The lowest BCUT2D eigenvalue weighted by Gasteiger charge is -2.30. The molecular weight excluding hydrogens is 288 g/mol. The average Bonchev–Trinajstić information content (AvgIpc) is 2.92. The Hall–Kier alpha value is -1.43. The monoisotopic (exact) mass is 310 g/mol. The van der Waals surface area contributed by atoms with Crippen molar-refractivity contribution in [3.05, 3.63) is 15.6 Å². The maximum absolute atomic E-state index is 12.8. The fourth-order valence-corrected chi connectivity index (χ4v) is 3.62. The molecule has 2 rings (SSSR count). The third-order valence-electron chi connectivity index (χ3n) is 3.98. The molecule has 1 aliphatic heterocycles. The van der Waals surface area contributed by atoms with Gasteiger partial charge in [0, 0.05) is 12.0 Å². The fourth-order valence-electron chi connectivity index (χ4n) is 2.55. The third kappa shape index (κ3) is 2.69. The zero-order valence-electron chi connectivity index (χ0n) is 13.2. The van der Waals surface area contributed by atoms with Crippen LogP contribution < -0.4 is 0 Å². The van der Waals surface area contributed by atoms with Crippen LogP contribution in [-0.2, 0) is 10.2 Å². The first-order valence-electron chi connectivity index (χ1n) is 7.10. The zero-order chi connectivity index (χ0) is 16.0. The molecule has 1 aliphatic rings. The number of nitrogens with zero attached hydrogens (tertiary/aromatic N) is 2. The predicted molar refractivity (Wildman–Crippen MR) is 81.9 cm³/mol. The van der Waals surface area contributed by atoms with Gasteiger partial charge in [-0.3, -0.25) is 4.79 Å². The largest absolute Gasteiger partial charge is 0.480 e. The van der Waals surface area contributed by atoms with Crippen molar-refractivity contribution >= 4 is 23.2 Å². The van der Waals surface area contributed by atoms with Crippen LogP contribution in [0.25, 0.3) is 0 Å². The summed E-state index contributed by atoms with van der Waals surface area (Å²) in [5, 5.41) is 10.3. The number of aliphatic carboxylic acids is 1. The second kappa shape index (κ2) is 5.09. The first-order chi connectivity index (χ1) is 9.57. The summed E-state index contributed by atoms with van der Waals surface area (Å²) in [5.41, 5.74) is -0.528. The van der Waals surface area contributed by atoms with E-state index < -0.39 is 11.5 Å². The van der Waals surface area contributed by atoms with Crippen LogP contribution in [0.4, 0.5) is 0 Å². The van der Waals surface area contributed by atoms with Gasteiger partial charge in [-0.05, 0) is 26.7 Å². The van der Waals surface area contributed by atoms with Crippen molar-refractivity contribution in [2.75, 3.05) is 6.54 Å². The zero-order valence-corrected chi connectivity index (χ0v) is 14.0. The van der Waals surface area contributed by atoms with Crippen molar-refractivity contribution in [1.29, 1.82) is 0 Å². The number of thiazole rings is 1. The van der Waals surface area contributed by atoms with Crippen molar-refractivity contribution in [2.45, 2.75) is 58.4 Å². The van der Waals surface area contributed by atoms with Gasteiger partial charge in [0.25, 0.3) is 5.91 Å². The molecule has 1 atom stereocenters. The van der Waals surface area contributed by atoms with Crippen LogP contribution in [0.2, 0.25) is 0 Å². The van der Waals surface area contributed by atoms with E-state index >= 15 is 0 Å². The van der Waals surface area contributed by atoms with E-state index in [1.807, 2.05) is 6.92 Å². The number of likely N-dealkylation sites (tertiary alicyclic amines) is 1. The van der Waals surface area contributed by atoms with E-state index in [0.29, 0.717) is 23.5 Å². The van der Waals surface area contributed by atoms with Crippen molar-refractivity contribution in [3.8, 4) is 0 Å². The smallest absolute Gasteiger partial charge is 0.329 e. The minimum absolute atomic E-state index is 0.116. The van der Waals surface area contributed by atoms with Crippen LogP contribution >= 0.6 is 11.3 Å². The Kier molecular flexibility index (Phi) is 3.86. The molecule has 1 saturated heterocycles. The molecule has 1 fully saturated rings. The number of carboxylic acids is 1. The lowest BCUT2D eigenvalue weighted by atomic mass is 9.98. The van der Waals surface area contributed by atoms with Crippen LogP contribution in [0.15, 0.2) is 0 Å². The van der Waals surface area contributed by atoms with Crippen molar-refractivity contribution in [1.82, 2.24) is 9.88 Å². The molecule has 1 unspecified atom stereocenters. The van der Waals surface area contributed by atoms with Crippen LogP contribution in [-0.4, -0.2) is 39.0 Å². The molecule has 2 heterocycles. The van der Waals surface area contributed by atoms with Gasteiger partial charge in [0.2, 0.25) is 0 Å². The maximum Gasteiger partial charge on any atom is 0.329 e. The van der Waals surface area contributed by atoms with Crippen LogP contribution in [0, 0.1) is 6.92 Å². The van der Waals surface area contributed by atoms with Gasteiger partial charge in [0.05, 0.1) is 10.7 Å². The van der Waals surface area contributed by atoms with Gasteiger partial charge in [0.15, 0.2) is 0 Å². The molecule has 1 aromatic heterocycles. The first-order valence-corrected chi connectivity index (χ1v) is 7.92. The van der Waals surface area contributed by atoms with Gasteiger partial charge >= 0.3 is 5.97 Å². The van der Waals surface area contributed by atoms with Crippen LogP contribution in [0.1, 0.15) is 60.9 Å². The van der Waals surface area contributed by atoms with Crippen LogP contribution in [0.3, 0.4) is 0 Å². The quantitative estimate of drug-likeness (QED) is 0.912. The Morgan fingerprint density at radius 1 is 1.38 bits per heavy atom. The van der Waals surface area contributed by atoms with E-state index in [-0.39, 0.29) is 11.3 Å². The van der Waals surface area contributed by atoms with Gasteiger partial charge < -0.3 is 10.0 Å². The topological polar surface area (TPSA) is 70.5 Å². The van der Waals surface area contributed by atoms with Gasteiger partial charge in [-0.2, -0.15) is 0 Å². The molecule has 21 heavy (non-hydrogen) atoms. The number of carbonyl (C=O) groups excluding carboxylic acids is 1. The molecule has 1 aromatic rings. The summed E-state index contributed by atoms with van der Waals surface area (Å²) in [6, 6.07) is 0. The Balaban J connectivity index is 2.37. The Morgan fingerprint density at radius 3 is 2.48 bits per heavy atom. The standard InChI is InChI=1S/C15H22N2O3S/c1-9-10(21-12(16-9)14(2,3)4)11(18)17-8-6-7-15(17,5)13(19)20/h6-8H2,1-5H3,(H,19,20). The number of hydrogen-bond donors (Lipinski definition) is 1. The average molecular weight is 310 g/mol. The summed E-state index contributed by atoms with van der Waals surface area (Å²) in [6.45, 7) is 10.1. The summed E-state index contributed by atoms with van der Waals surface area (Å²) >= 11 is 1.38. The van der Waals surface area contributed by atoms with Gasteiger partial charge in [-0.15, -0.1) is 11.3 Å². The number of rotatable bonds is 2. The Bertz CT molecular complexity index is 588. The maximum atomic E-state index is 12.8. The number of hydrogen-bond acceptors (Lipinski definition) is 4. The molecule has 0 spiro atoms. The molecule has 0 bridgehead atoms. The van der Waals surface area contributed by atoms with E-state index in [0.717, 1.165) is 11.4 Å². The highest BCUT2D eigenvalue weighted by atomic mass is 32.1. The summed E-state index contributed by atoms with van der Waals surface area (Å²) in [7, 11) is 0. The van der Waals surface area contributed by atoms with Gasteiger partial charge in [-0.25, -0.2) is 9.78 Å². The second-order valence-corrected chi connectivity index (χ2v) is 7.82. The van der Waals surface area contributed by atoms with E-state index in [9.17, 15) is 14.7 Å². The van der Waals surface area contributed by atoms with Crippen molar-refractivity contribution in [2.24, 2.45) is 0 Å². The molecule has 116 valence electrons. The summed E-state index contributed by atoms with van der Waals surface area (Å²) in [4.78, 5) is 30.8. The highest BCUT2D eigenvalue weighted by molar-refractivity contribution is 7.14. The minimum atomic E-state index is -1.10. The van der Waals surface area contributed by atoms with Gasteiger partial charge in [-0.1, -0.05) is 20.8 Å². The molecule has 0 aliphatic carbocycles. The highest BCUT2D eigenvalue weighted by Gasteiger charge is 2.46. The molecule has 1 amide bonds. The third-order valence-corrected chi connectivity index (χ3v) is 5.55. The predicted octanol–water partition coefficient (Wildman–Crippen LogP) is 2.83. The van der Waals surface area contributed by atoms with E-state index in [1.54, 1.807) is 6.92 Å². The number of aromatic nitrogens is 1. The molecule has 0 aromatic carbocycles. The number of aryl methyl sites for hydroxylation is 1. The molecule has 0 radical (unpaired) electrons. The first kappa shape index (κ1) is 15.9. The molecule has 0 saturated carbocycles. The Morgan fingerprint density at radius 2 is 2.00 bits per heavy atom. The number of amides is 1. The summed E-state index contributed by atoms with van der Waals surface area (Å²) in [6.07, 6.45) is 1.22. The van der Waals surface area contributed by atoms with Crippen molar-refractivity contribution < 1.29 is 14.7 Å². The second-order valence-electron chi connectivity index (χ2n) is 6.82. The molecule has 5 nitrogen and oxygen atoms in total. The van der Waals surface area contributed by atoms with E-state index in [2.05, 4.69) is 25.8 Å². The highest BCUT2D eigenvalue weighted by Crippen LogP contribution is 2.35. The minimum Gasteiger partial charge on any atom is -0.480 e. The lowest BCUT2D eigenvalue weighted by Crippen LogP contribution is -2.50. The number of carboxylic acid groups (broad SMARTS) is 1. The Labute approximate surface area is 129 Å². The molecular formula is C15H22N2O3S. The lowest BCUT2D eigenvalue weighted by molar-refractivity contribution is -0.147. The normalized spacial score (nSPS) is 22.6. The van der Waals surface area contributed by atoms with E-state index in [1.165, 1.54) is 16.2 Å². The molecule has 1 N–H and O–H groups in total. The van der Waals surface area contributed by atoms with Crippen LogP contribution in [0.5, 0.6) is 0 Å². The SMILES string of the molecule is Cc1nc(C(C)(C)C)sc1C(=O)N1CCCC1(C)C(=O)O. The number of carbonyl (C=O) groups is 2. The molecule has 6 heteroatoms. The van der Waals surface area contributed by atoms with Gasteiger partial charge in [0.1, 0.15) is 10.4 Å². The summed E-state index contributed by atoms with van der Waals surface area (Å²) in [5.74, 6) is -1.14. The fraction of sp³-hybridized carbons (Fsp3) is 0.667.